The molecular weight excluding hydrogens is 388 g/mol. The van der Waals surface area contributed by atoms with Crippen LogP contribution in [0.25, 0.3) is 21.9 Å². The number of nitrogens with zero attached hydrogens (tertiary/aromatic N) is 3. The third kappa shape index (κ3) is 3.38. The fraction of sp³-hybridized carbons (Fsp3) is 0.480. The molecule has 0 radical (unpaired) electrons. The highest BCUT2D eigenvalue weighted by Crippen LogP contribution is 2.48. The number of methoxy groups -OCH3 is 1. The van der Waals surface area contributed by atoms with Crippen LogP contribution in [0.4, 0.5) is 0 Å². The van der Waals surface area contributed by atoms with Crippen LogP contribution in [-0.4, -0.2) is 28.0 Å². The highest BCUT2D eigenvalue weighted by molar-refractivity contribution is 6.04. The molecule has 2 heterocycles. The lowest BCUT2D eigenvalue weighted by Crippen LogP contribution is -2.30. The number of allylic oxidation sites excluding steroid dienone is 2. The second kappa shape index (κ2) is 7.36. The molecule has 2 aliphatic carbocycles. The summed E-state index contributed by atoms with van der Waals surface area (Å²) < 4.78 is 6.65. The van der Waals surface area contributed by atoms with Crippen molar-refractivity contribution in [1.82, 2.24) is 14.6 Å². The molecule has 1 aromatic carbocycles. The van der Waals surface area contributed by atoms with Crippen LogP contribution in [0.15, 0.2) is 45.6 Å². The van der Waals surface area contributed by atoms with E-state index in [-0.39, 0.29) is 11.0 Å². The Morgan fingerprint density at radius 3 is 2.97 bits per heavy atom. The first-order valence-electron chi connectivity index (χ1n) is 11.2. The van der Waals surface area contributed by atoms with Gasteiger partial charge in [-0.2, -0.15) is 9.78 Å². The number of ether oxygens (including phenoxy) is 1. The second-order valence-electron chi connectivity index (χ2n) is 9.79. The van der Waals surface area contributed by atoms with Crippen molar-refractivity contribution in [2.24, 2.45) is 22.4 Å². The number of nitrogens with one attached hydrogen (secondary N) is 1. The molecule has 0 spiro atoms. The van der Waals surface area contributed by atoms with Gasteiger partial charge in [0.1, 0.15) is 23.1 Å². The van der Waals surface area contributed by atoms with Crippen molar-refractivity contribution in [3.8, 4) is 5.75 Å². The van der Waals surface area contributed by atoms with Crippen molar-refractivity contribution in [2.75, 3.05) is 7.11 Å². The van der Waals surface area contributed by atoms with Crippen LogP contribution in [0.2, 0.25) is 0 Å². The molecule has 0 saturated carbocycles. The average Bonchev–Trinajstić information content (AvgIpc) is 3.12. The lowest BCUT2D eigenvalue weighted by Gasteiger charge is -2.42. The van der Waals surface area contributed by atoms with Crippen LogP contribution in [-0.2, 0) is 0 Å². The highest BCUT2D eigenvalue weighted by atomic mass is 16.5. The summed E-state index contributed by atoms with van der Waals surface area (Å²) in [6.07, 6.45) is 9.50. The topological polar surface area (TPSA) is 72.3 Å². The Kier molecular flexibility index (Phi) is 4.76. The number of fused-ring (bicyclic) bond motifs is 3. The van der Waals surface area contributed by atoms with E-state index in [1.54, 1.807) is 18.3 Å². The Morgan fingerprint density at radius 2 is 2.16 bits per heavy atom. The van der Waals surface area contributed by atoms with Gasteiger partial charge >= 0.3 is 0 Å². The SMILES string of the molecule is COc1ccc2c(c1)[nH]c1c(=O)n(N=CC3CC4=C(CCCC4(C)C)CC3C)cnc12. The fourth-order valence-electron chi connectivity index (χ4n) is 5.44. The summed E-state index contributed by atoms with van der Waals surface area (Å²) in [5, 5.41) is 5.48. The van der Waals surface area contributed by atoms with E-state index in [1.165, 1.54) is 30.3 Å². The predicted octanol–water partition coefficient (Wildman–Crippen LogP) is 5.27. The van der Waals surface area contributed by atoms with E-state index in [9.17, 15) is 4.79 Å². The van der Waals surface area contributed by atoms with E-state index in [2.05, 4.69) is 35.8 Å². The summed E-state index contributed by atoms with van der Waals surface area (Å²) in [6, 6.07) is 5.68. The molecule has 2 aromatic heterocycles. The number of hydrogen-bond donors (Lipinski definition) is 1. The minimum atomic E-state index is -0.183. The van der Waals surface area contributed by atoms with Gasteiger partial charge in [0.2, 0.25) is 0 Å². The summed E-state index contributed by atoms with van der Waals surface area (Å²) in [7, 11) is 1.63. The molecule has 0 bridgehead atoms. The number of benzene rings is 1. The summed E-state index contributed by atoms with van der Waals surface area (Å²) in [4.78, 5) is 20.8. The molecule has 0 amide bonds. The molecule has 0 saturated heterocycles. The van der Waals surface area contributed by atoms with Crippen LogP contribution in [0.3, 0.4) is 0 Å². The summed E-state index contributed by atoms with van der Waals surface area (Å²) in [5.74, 6) is 1.61. The van der Waals surface area contributed by atoms with E-state index in [4.69, 9.17) is 4.74 Å². The molecule has 2 aliphatic rings. The molecule has 6 heteroatoms. The van der Waals surface area contributed by atoms with Crippen molar-refractivity contribution in [2.45, 2.75) is 52.9 Å². The first-order chi connectivity index (χ1) is 14.9. The zero-order valence-electron chi connectivity index (χ0n) is 18.7. The van der Waals surface area contributed by atoms with E-state index in [0.29, 0.717) is 22.9 Å². The van der Waals surface area contributed by atoms with Crippen LogP contribution >= 0.6 is 0 Å². The lowest BCUT2D eigenvalue weighted by atomic mass is 9.63. The van der Waals surface area contributed by atoms with Crippen molar-refractivity contribution in [3.63, 3.8) is 0 Å². The molecule has 2 atom stereocenters. The maximum absolute atomic E-state index is 13.1. The first kappa shape index (κ1) is 20.0. The smallest absolute Gasteiger partial charge is 0.298 e. The monoisotopic (exact) mass is 418 g/mol. The van der Waals surface area contributed by atoms with E-state index in [1.807, 2.05) is 24.4 Å². The Morgan fingerprint density at radius 1 is 1.32 bits per heavy atom. The average molecular weight is 419 g/mol. The van der Waals surface area contributed by atoms with Crippen LogP contribution in [0.1, 0.15) is 52.9 Å². The molecule has 2 unspecified atom stereocenters. The van der Waals surface area contributed by atoms with Gasteiger partial charge < -0.3 is 9.72 Å². The number of aromatic nitrogens is 3. The molecule has 0 fully saturated rings. The van der Waals surface area contributed by atoms with Crippen LogP contribution in [0, 0.1) is 17.3 Å². The lowest BCUT2D eigenvalue weighted by molar-refractivity contribution is 0.295. The van der Waals surface area contributed by atoms with Crippen molar-refractivity contribution in [3.05, 3.63) is 46.0 Å². The second-order valence-corrected chi connectivity index (χ2v) is 9.79. The van der Waals surface area contributed by atoms with Crippen molar-refractivity contribution >= 4 is 28.2 Å². The minimum absolute atomic E-state index is 0.183. The van der Waals surface area contributed by atoms with Gasteiger partial charge in [0, 0.05) is 23.6 Å². The van der Waals surface area contributed by atoms with Gasteiger partial charge in [-0.3, -0.25) is 4.79 Å². The maximum atomic E-state index is 13.1. The molecule has 31 heavy (non-hydrogen) atoms. The van der Waals surface area contributed by atoms with Crippen LogP contribution in [0.5, 0.6) is 5.75 Å². The number of rotatable bonds is 3. The van der Waals surface area contributed by atoms with E-state index in [0.717, 1.165) is 29.5 Å². The van der Waals surface area contributed by atoms with Crippen molar-refractivity contribution < 1.29 is 4.74 Å². The Balaban J connectivity index is 1.47. The summed E-state index contributed by atoms with van der Waals surface area (Å²) >= 11 is 0. The number of H-pyrrole nitrogens is 1. The highest BCUT2D eigenvalue weighted by Gasteiger charge is 2.36. The zero-order chi connectivity index (χ0) is 21.8. The normalized spacial score (nSPS) is 23.6. The largest absolute Gasteiger partial charge is 0.497 e. The predicted molar refractivity (Wildman–Crippen MR) is 125 cm³/mol. The third-order valence-corrected chi connectivity index (χ3v) is 7.34. The Bertz CT molecular complexity index is 1280. The van der Waals surface area contributed by atoms with Gasteiger partial charge in [-0.15, -0.1) is 0 Å². The zero-order valence-corrected chi connectivity index (χ0v) is 18.7. The van der Waals surface area contributed by atoms with Gasteiger partial charge in [0.05, 0.1) is 12.6 Å². The van der Waals surface area contributed by atoms with Gasteiger partial charge in [-0.05, 0) is 55.6 Å². The first-order valence-corrected chi connectivity index (χ1v) is 11.2. The summed E-state index contributed by atoms with van der Waals surface area (Å²) in [6.45, 7) is 7.05. The van der Waals surface area contributed by atoms with Gasteiger partial charge in [-0.25, -0.2) is 4.98 Å². The summed E-state index contributed by atoms with van der Waals surface area (Å²) in [5.41, 5.74) is 5.36. The van der Waals surface area contributed by atoms with Crippen molar-refractivity contribution in [1.29, 1.82) is 0 Å². The van der Waals surface area contributed by atoms with Crippen LogP contribution < -0.4 is 10.3 Å². The van der Waals surface area contributed by atoms with Gasteiger partial charge in [-0.1, -0.05) is 31.9 Å². The molecular formula is C25H30N4O2. The molecule has 6 nitrogen and oxygen atoms in total. The fourth-order valence-corrected chi connectivity index (χ4v) is 5.44. The molecule has 5 rings (SSSR count). The third-order valence-electron chi connectivity index (χ3n) is 7.34. The quantitative estimate of drug-likeness (QED) is 0.465. The van der Waals surface area contributed by atoms with E-state index < -0.39 is 0 Å². The molecule has 3 aromatic rings. The molecule has 1 N–H and O–H groups in total. The number of aromatic amines is 1. The van der Waals surface area contributed by atoms with Gasteiger partial charge in [0.15, 0.2) is 0 Å². The molecule has 162 valence electrons. The Hall–Kier alpha value is -2.89. The van der Waals surface area contributed by atoms with E-state index >= 15 is 0 Å². The molecule has 0 aliphatic heterocycles. The maximum Gasteiger partial charge on any atom is 0.298 e. The Labute approximate surface area is 182 Å². The number of hydrogen-bond acceptors (Lipinski definition) is 4. The minimum Gasteiger partial charge on any atom is -0.497 e. The standard InChI is InChI=1S/C25H30N4O2/c1-15-10-16-6-5-9-25(2,3)20(16)11-17(15)13-27-29-14-26-22-19-8-7-18(31-4)12-21(19)28-23(22)24(29)30/h7-8,12-15,17,28H,5-6,9-11H2,1-4H3. The van der Waals surface area contributed by atoms with Gasteiger partial charge in [0.25, 0.3) is 5.56 Å².